The lowest BCUT2D eigenvalue weighted by Gasteiger charge is -2.14. The zero-order chi connectivity index (χ0) is 16.3. The van der Waals surface area contributed by atoms with E-state index in [-0.39, 0.29) is 35.5 Å². The molecule has 4 N–H and O–H groups in total. The molecule has 0 radical (unpaired) electrons. The SMILES string of the molecule is CCC[C@H](O)C[C@@H](O)Cc1cc2cc(O)cc(O)c2c(=O)o1. The number of benzene rings is 1. The average Bonchev–Trinajstić information content (AvgIpc) is 2.36. The number of aromatic hydroxyl groups is 2. The lowest BCUT2D eigenvalue weighted by atomic mass is 10.0. The third kappa shape index (κ3) is 3.78. The second kappa shape index (κ2) is 6.81. The summed E-state index contributed by atoms with van der Waals surface area (Å²) < 4.78 is 5.08. The van der Waals surface area contributed by atoms with Crippen LogP contribution in [-0.2, 0) is 6.42 Å². The van der Waals surface area contributed by atoms with Crippen LogP contribution in [0.3, 0.4) is 0 Å². The van der Waals surface area contributed by atoms with Crippen molar-refractivity contribution in [1.82, 2.24) is 0 Å². The molecule has 0 bridgehead atoms. The van der Waals surface area contributed by atoms with E-state index >= 15 is 0 Å². The Kier molecular flexibility index (Phi) is 5.05. The Bertz CT molecular complexity index is 706. The van der Waals surface area contributed by atoms with Crippen molar-refractivity contribution in [1.29, 1.82) is 0 Å². The summed E-state index contributed by atoms with van der Waals surface area (Å²) in [5, 5.41) is 39.1. The van der Waals surface area contributed by atoms with E-state index in [1.807, 2.05) is 6.92 Å². The van der Waals surface area contributed by atoms with Gasteiger partial charge in [-0.3, -0.25) is 0 Å². The van der Waals surface area contributed by atoms with Crippen molar-refractivity contribution in [2.75, 3.05) is 0 Å². The molecule has 0 saturated heterocycles. The van der Waals surface area contributed by atoms with Crippen molar-refractivity contribution in [3.05, 3.63) is 34.4 Å². The van der Waals surface area contributed by atoms with Gasteiger partial charge in [-0.1, -0.05) is 13.3 Å². The van der Waals surface area contributed by atoms with Crippen molar-refractivity contribution in [3.63, 3.8) is 0 Å². The molecule has 2 rings (SSSR count). The van der Waals surface area contributed by atoms with Crippen LogP contribution >= 0.6 is 0 Å². The molecule has 2 aromatic rings. The molecule has 1 aromatic carbocycles. The molecular formula is C16H20O6. The van der Waals surface area contributed by atoms with Gasteiger partial charge in [-0.2, -0.15) is 0 Å². The third-order valence-electron chi connectivity index (χ3n) is 3.48. The zero-order valence-electron chi connectivity index (χ0n) is 12.3. The number of hydrogen-bond donors (Lipinski definition) is 4. The molecule has 22 heavy (non-hydrogen) atoms. The monoisotopic (exact) mass is 308 g/mol. The van der Waals surface area contributed by atoms with Gasteiger partial charge in [0, 0.05) is 12.5 Å². The molecule has 0 spiro atoms. The van der Waals surface area contributed by atoms with Gasteiger partial charge in [0.25, 0.3) is 0 Å². The highest BCUT2D eigenvalue weighted by molar-refractivity contribution is 5.88. The fourth-order valence-corrected chi connectivity index (χ4v) is 2.52. The number of phenols is 2. The topological polar surface area (TPSA) is 111 Å². The number of phenolic OH excluding ortho intramolecular Hbond substituents is 2. The van der Waals surface area contributed by atoms with Crippen LogP contribution in [0.5, 0.6) is 11.5 Å². The van der Waals surface area contributed by atoms with Crippen LogP contribution in [0.2, 0.25) is 0 Å². The Morgan fingerprint density at radius 3 is 2.55 bits per heavy atom. The van der Waals surface area contributed by atoms with Gasteiger partial charge in [-0.15, -0.1) is 0 Å². The van der Waals surface area contributed by atoms with E-state index in [9.17, 15) is 25.2 Å². The van der Waals surface area contributed by atoms with Crippen LogP contribution in [0.1, 0.15) is 31.9 Å². The summed E-state index contributed by atoms with van der Waals surface area (Å²) in [6, 6.07) is 3.90. The fourth-order valence-electron chi connectivity index (χ4n) is 2.52. The quantitative estimate of drug-likeness (QED) is 0.646. The lowest BCUT2D eigenvalue weighted by molar-refractivity contribution is 0.0724. The highest BCUT2D eigenvalue weighted by Crippen LogP contribution is 2.28. The van der Waals surface area contributed by atoms with Crippen molar-refractivity contribution >= 4 is 10.8 Å². The molecule has 0 aliphatic carbocycles. The van der Waals surface area contributed by atoms with E-state index in [0.717, 1.165) is 12.5 Å². The zero-order valence-corrected chi connectivity index (χ0v) is 12.3. The summed E-state index contributed by atoms with van der Waals surface area (Å²) in [4.78, 5) is 11.9. The maximum absolute atomic E-state index is 11.9. The molecule has 0 fully saturated rings. The molecular weight excluding hydrogens is 288 g/mol. The minimum absolute atomic E-state index is 0.0120. The maximum Gasteiger partial charge on any atom is 0.347 e. The van der Waals surface area contributed by atoms with E-state index in [2.05, 4.69) is 0 Å². The van der Waals surface area contributed by atoms with Crippen LogP contribution in [0.4, 0.5) is 0 Å². The smallest absolute Gasteiger partial charge is 0.347 e. The highest BCUT2D eigenvalue weighted by Gasteiger charge is 2.16. The highest BCUT2D eigenvalue weighted by atomic mass is 16.4. The van der Waals surface area contributed by atoms with Crippen molar-refractivity contribution in [3.8, 4) is 11.5 Å². The second-order valence-corrected chi connectivity index (χ2v) is 5.47. The van der Waals surface area contributed by atoms with E-state index in [4.69, 9.17) is 4.42 Å². The predicted octanol–water partition coefficient (Wildman–Crippen LogP) is 1.66. The average molecular weight is 308 g/mol. The van der Waals surface area contributed by atoms with Crippen molar-refractivity contribution in [2.45, 2.75) is 44.8 Å². The van der Waals surface area contributed by atoms with Crippen molar-refractivity contribution in [2.24, 2.45) is 0 Å². The Labute approximate surface area is 127 Å². The fraction of sp³-hybridized carbons (Fsp3) is 0.438. The van der Waals surface area contributed by atoms with E-state index < -0.39 is 17.8 Å². The first kappa shape index (κ1) is 16.3. The minimum atomic E-state index is -0.840. The maximum atomic E-state index is 11.9. The number of fused-ring (bicyclic) bond motifs is 1. The summed E-state index contributed by atoms with van der Waals surface area (Å²) in [5.74, 6) is -0.284. The second-order valence-electron chi connectivity index (χ2n) is 5.47. The standard InChI is InChI=1S/C16H20O6/c1-2-3-10(17)6-12(19)7-13-5-9-4-11(18)8-14(20)15(9)16(21)22-13/h4-5,8,10,12,17-20H,2-3,6-7H2,1H3/t10-,12+/m0/s1. The van der Waals surface area contributed by atoms with Gasteiger partial charge in [0.05, 0.1) is 12.2 Å². The van der Waals surface area contributed by atoms with Gasteiger partial charge < -0.3 is 24.8 Å². The molecule has 0 aliphatic heterocycles. The number of aliphatic hydroxyl groups is 2. The molecule has 6 nitrogen and oxygen atoms in total. The first-order valence-corrected chi connectivity index (χ1v) is 7.25. The first-order chi connectivity index (χ1) is 10.4. The largest absolute Gasteiger partial charge is 0.508 e. The number of rotatable bonds is 6. The molecule has 120 valence electrons. The summed E-state index contributed by atoms with van der Waals surface area (Å²) in [6.07, 6.45) is 0.245. The van der Waals surface area contributed by atoms with Gasteiger partial charge in [0.1, 0.15) is 22.6 Å². The summed E-state index contributed by atoms with van der Waals surface area (Å²) in [7, 11) is 0. The van der Waals surface area contributed by atoms with Gasteiger partial charge in [-0.25, -0.2) is 4.79 Å². The minimum Gasteiger partial charge on any atom is -0.508 e. The number of hydrogen-bond acceptors (Lipinski definition) is 6. The molecule has 2 atom stereocenters. The lowest BCUT2D eigenvalue weighted by Crippen LogP contribution is -2.20. The Morgan fingerprint density at radius 1 is 1.14 bits per heavy atom. The van der Waals surface area contributed by atoms with E-state index in [1.54, 1.807) is 0 Å². The van der Waals surface area contributed by atoms with E-state index in [0.29, 0.717) is 11.8 Å². The van der Waals surface area contributed by atoms with Gasteiger partial charge in [0.2, 0.25) is 0 Å². The van der Waals surface area contributed by atoms with Gasteiger partial charge >= 0.3 is 5.63 Å². The third-order valence-corrected chi connectivity index (χ3v) is 3.48. The van der Waals surface area contributed by atoms with E-state index in [1.165, 1.54) is 12.1 Å². The molecule has 0 unspecified atom stereocenters. The first-order valence-electron chi connectivity index (χ1n) is 7.25. The summed E-state index contributed by atoms with van der Waals surface area (Å²) >= 11 is 0. The molecule has 0 amide bonds. The van der Waals surface area contributed by atoms with Crippen LogP contribution in [-0.4, -0.2) is 32.6 Å². The molecule has 0 saturated carbocycles. The molecule has 0 aliphatic rings. The van der Waals surface area contributed by atoms with Crippen LogP contribution in [0.25, 0.3) is 10.8 Å². The molecule has 6 heteroatoms. The summed E-state index contributed by atoms with van der Waals surface area (Å²) in [6.45, 7) is 1.94. The summed E-state index contributed by atoms with van der Waals surface area (Å²) in [5.41, 5.74) is -0.730. The van der Waals surface area contributed by atoms with Crippen LogP contribution in [0.15, 0.2) is 27.4 Å². The Morgan fingerprint density at radius 2 is 1.86 bits per heavy atom. The van der Waals surface area contributed by atoms with Crippen LogP contribution < -0.4 is 5.63 Å². The number of aliphatic hydroxyl groups excluding tert-OH is 2. The normalized spacial score (nSPS) is 14.1. The van der Waals surface area contributed by atoms with Crippen molar-refractivity contribution < 1.29 is 24.8 Å². The molecule has 1 heterocycles. The predicted molar refractivity (Wildman–Crippen MR) is 81.1 cm³/mol. The van der Waals surface area contributed by atoms with Crippen LogP contribution in [0, 0.1) is 0 Å². The Hall–Kier alpha value is -2.05. The van der Waals surface area contributed by atoms with Gasteiger partial charge in [0.15, 0.2) is 0 Å². The Balaban J connectivity index is 2.24. The van der Waals surface area contributed by atoms with Gasteiger partial charge in [-0.05, 0) is 30.4 Å². The molecule has 1 aromatic heterocycles.